The molecule has 3 fully saturated rings. The first-order valence-electron chi connectivity index (χ1n) is 16.2. The first-order chi connectivity index (χ1) is 19.9. The second kappa shape index (κ2) is 13.8. The van der Waals surface area contributed by atoms with Crippen LogP contribution >= 0.6 is 0 Å². The van der Waals surface area contributed by atoms with Crippen LogP contribution in [-0.2, 0) is 4.79 Å². The lowest BCUT2D eigenvalue weighted by Gasteiger charge is -2.28. The van der Waals surface area contributed by atoms with Crippen molar-refractivity contribution in [1.29, 1.82) is 0 Å². The fourth-order valence-corrected chi connectivity index (χ4v) is 7.10. The standard InChI is InChI=1S/C37H47NO3/c1-3-4-16-33(26-10-5-6-13-29(21-18-26)36(39)28-11-7-8-12-28)34-24-32(22-17-25(34)2)38-35(27-19-20-27)30-14-9-15-31(23-30)37(40)41/h9,14-17,22-24,26-29H,3-8,10-13,18-21H2,1-2H3,(H,40,41). The van der Waals surface area contributed by atoms with Crippen molar-refractivity contribution >= 4 is 28.7 Å². The molecule has 0 spiro atoms. The Kier molecular flexibility index (Phi) is 9.90. The van der Waals surface area contributed by atoms with Gasteiger partial charge in [0.05, 0.1) is 17.0 Å². The van der Waals surface area contributed by atoms with Crippen LogP contribution in [0.5, 0.6) is 0 Å². The first kappa shape index (κ1) is 29.5. The van der Waals surface area contributed by atoms with E-state index in [0.29, 0.717) is 29.1 Å². The van der Waals surface area contributed by atoms with E-state index in [1.807, 2.05) is 12.1 Å². The third-order valence-electron chi connectivity index (χ3n) is 9.62. The largest absolute Gasteiger partial charge is 0.478 e. The summed E-state index contributed by atoms with van der Waals surface area (Å²) >= 11 is 0. The zero-order valence-corrected chi connectivity index (χ0v) is 25.0. The van der Waals surface area contributed by atoms with Gasteiger partial charge in [0.25, 0.3) is 0 Å². The van der Waals surface area contributed by atoms with Gasteiger partial charge in [0, 0.05) is 17.8 Å². The molecule has 5 rings (SSSR count). The van der Waals surface area contributed by atoms with Crippen LogP contribution in [0.1, 0.15) is 124 Å². The fraction of sp³-hybridized carbons (Fsp3) is 0.541. The summed E-state index contributed by atoms with van der Waals surface area (Å²) in [6, 6.07) is 13.8. The van der Waals surface area contributed by atoms with Crippen molar-refractivity contribution in [2.45, 2.75) is 104 Å². The maximum atomic E-state index is 13.4. The van der Waals surface area contributed by atoms with Crippen molar-refractivity contribution in [3.63, 3.8) is 0 Å². The van der Waals surface area contributed by atoms with E-state index < -0.39 is 5.97 Å². The molecule has 3 aliphatic carbocycles. The number of Topliss-reactive ketones (excluding diaryl/α,β-unsaturated/α-hetero) is 1. The number of aromatic carboxylic acids is 1. The van der Waals surface area contributed by atoms with Gasteiger partial charge < -0.3 is 5.11 Å². The predicted octanol–water partition coefficient (Wildman–Crippen LogP) is 9.75. The zero-order chi connectivity index (χ0) is 28.8. The number of hydrogen-bond acceptors (Lipinski definition) is 3. The maximum Gasteiger partial charge on any atom is 0.335 e. The van der Waals surface area contributed by atoms with Crippen LogP contribution in [0.15, 0.2) is 53.5 Å². The summed E-state index contributed by atoms with van der Waals surface area (Å²) in [4.78, 5) is 30.1. The van der Waals surface area contributed by atoms with Crippen molar-refractivity contribution in [1.82, 2.24) is 0 Å². The highest BCUT2D eigenvalue weighted by molar-refractivity contribution is 6.06. The number of carboxylic acids is 1. The zero-order valence-electron chi connectivity index (χ0n) is 25.0. The SMILES string of the molecule is CCCC=C(c1cc(N=C(c2cccc(C(=O)O)c2)C2CC2)ccc1C)C1CCCCC(C(=O)C2CCCC2)CC1. The van der Waals surface area contributed by atoms with Gasteiger partial charge in [0.2, 0.25) is 0 Å². The van der Waals surface area contributed by atoms with Gasteiger partial charge in [-0.2, -0.15) is 0 Å². The van der Waals surface area contributed by atoms with Gasteiger partial charge in [-0.1, -0.05) is 63.3 Å². The maximum absolute atomic E-state index is 13.4. The van der Waals surface area contributed by atoms with E-state index in [1.165, 1.54) is 42.4 Å². The summed E-state index contributed by atoms with van der Waals surface area (Å²) in [6.07, 6.45) is 18.2. The molecule has 0 bridgehead atoms. The van der Waals surface area contributed by atoms with Crippen molar-refractivity contribution < 1.29 is 14.7 Å². The minimum atomic E-state index is -0.906. The third-order valence-corrected chi connectivity index (χ3v) is 9.62. The average molecular weight is 554 g/mol. The molecule has 2 aromatic rings. The number of carbonyl (C=O) groups excluding carboxylic acids is 1. The first-order valence-corrected chi connectivity index (χ1v) is 16.2. The Balaban J connectivity index is 1.43. The van der Waals surface area contributed by atoms with Crippen molar-refractivity contribution in [2.75, 3.05) is 0 Å². The Labute approximate surface area is 246 Å². The number of carboxylic acid groups (broad SMARTS) is 1. The predicted molar refractivity (Wildman–Crippen MR) is 168 cm³/mol. The Morgan fingerprint density at radius 3 is 2.07 bits per heavy atom. The van der Waals surface area contributed by atoms with E-state index >= 15 is 0 Å². The van der Waals surface area contributed by atoms with E-state index in [-0.39, 0.29) is 5.92 Å². The van der Waals surface area contributed by atoms with Gasteiger partial charge in [-0.3, -0.25) is 9.79 Å². The molecule has 41 heavy (non-hydrogen) atoms. The molecule has 218 valence electrons. The van der Waals surface area contributed by atoms with Crippen LogP contribution < -0.4 is 0 Å². The minimum Gasteiger partial charge on any atom is -0.478 e. The number of ketones is 1. The van der Waals surface area contributed by atoms with E-state index in [0.717, 1.165) is 81.2 Å². The van der Waals surface area contributed by atoms with E-state index in [9.17, 15) is 14.7 Å². The van der Waals surface area contributed by atoms with Gasteiger partial charge in [0.1, 0.15) is 5.78 Å². The third kappa shape index (κ3) is 7.45. The number of aryl methyl sites for hydroxylation is 1. The number of carbonyl (C=O) groups is 2. The highest BCUT2D eigenvalue weighted by Crippen LogP contribution is 2.41. The molecule has 0 amide bonds. The Morgan fingerprint density at radius 2 is 1.41 bits per heavy atom. The molecular weight excluding hydrogens is 506 g/mol. The Bertz CT molecular complexity index is 1300. The second-order valence-corrected chi connectivity index (χ2v) is 12.7. The van der Waals surface area contributed by atoms with Crippen molar-refractivity contribution in [3.05, 3.63) is 70.8 Å². The molecule has 0 heterocycles. The van der Waals surface area contributed by atoms with Crippen LogP contribution in [0.3, 0.4) is 0 Å². The Morgan fingerprint density at radius 1 is 0.805 bits per heavy atom. The molecule has 4 heteroatoms. The molecule has 0 aliphatic heterocycles. The average Bonchev–Trinajstić information content (AvgIpc) is 3.65. The highest BCUT2D eigenvalue weighted by Gasteiger charge is 2.32. The lowest BCUT2D eigenvalue weighted by molar-refractivity contribution is -0.127. The lowest BCUT2D eigenvalue weighted by atomic mass is 9.76. The van der Waals surface area contributed by atoms with Crippen molar-refractivity contribution in [3.8, 4) is 0 Å². The number of nitrogens with zero attached hydrogens (tertiary/aromatic N) is 1. The molecule has 3 aliphatic rings. The number of benzene rings is 2. The van der Waals surface area contributed by atoms with Crippen LogP contribution in [0, 0.1) is 30.6 Å². The monoisotopic (exact) mass is 553 g/mol. The van der Waals surface area contributed by atoms with E-state index in [1.54, 1.807) is 12.1 Å². The van der Waals surface area contributed by atoms with Crippen LogP contribution in [-0.4, -0.2) is 22.6 Å². The van der Waals surface area contributed by atoms with Crippen LogP contribution in [0.4, 0.5) is 5.69 Å². The van der Waals surface area contributed by atoms with Crippen molar-refractivity contribution in [2.24, 2.45) is 28.7 Å². The number of unbranched alkanes of at least 4 members (excludes halogenated alkanes) is 1. The van der Waals surface area contributed by atoms with Crippen LogP contribution in [0.25, 0.3) is 5.57 Å². The summed E-state index contributed by atoms with van der Waals surface area (Å²) < 4.78 is 0. The topological polar surface area (TPSA) is 66.7 Å². The molecule has 4 nitrogen and oxygen atoms in total. The van der Waals surface area contributed by atoms with E-state index in [4.69, 9.17) is 4.99 Å². The molecule has 0 saturated heterocycles. The fourth-order valence-electron chi connectivity index (χ4n) is 7.10. The summed E-state index contributed by atoms with van der Waals surface area (Å²) in [5.74, 6) is 1.08. The lowest BCUT2D eigenvalue weighted by Crippen LogP contribution is -2.24. The van der Waals surface area contributed by atoms with Gasteiger partial charge in [-0.15, -0.1) is 0 Å². The molecule has 2 atom stereocenters. The van der Waals surface area contributed by atoms with Crippen LogP contribution in [0.2, 0.25) is 0 Å². The summed E-state index contributed by atoms with van der Waals surface area (Å²) in [5.41, 5.74) is 7.16. The number of allylic oxidation sites excluding steroid dienone is 2. The van der Waals surface area contributed by atoms with Gasteiger partial charge >= 0.3 is 5.97 Å². The van der Waals surface area contributed by atoms with E-state index in [2.05, 4.69) is 38.1 Å². The minimum absolute atomic E-state index is 0.244. The molecule has 0 radical (unpaired) electrons. The number of rotatable bonds is 10. The second-order valence-electron chi connectivity index (χ2n) is 12.7. The molecular formula is C37H47NO3. The molecule has 1 N–H and O–H groups in total. The van der Waals surface area contributed by atoms with Gasteiger partial charge in [-0.05, 0) is 117 Å². The molecule has 0 aromatic heterocycles. The molecule has 2 unspecified atom stereocenters. The molecule has 2 aromatic carbocycles. The normalized spacial score (nSPS) is 22.8. The number of aliphatic imine (C=N–C) groups is 1. The molecule has 3 saturated carbocycles. The summed E-state index contributed by atoms with van der Waals surface area (Å²) in [5, 5.41) is 9.53. The van der Waals surface area contributed by atoms with Gasteiger partial charge in [-0.25, -0.2) is 4.79 Å². The highest BCUT2D eigenvalue weighted by atomic mass is 16.4. The quantitative estimate of drug-likeness (QED) is 0.298. The smallest absolute Gasteiger partial charge is 0.335 e. The Hall–Kier alpha value is -3.01. The summed E-state index contributed by atoms with van der Waals surface area (Å²) in [6.45, 7) is 4.44. The van der Waals surface area contributed by atoms with Gasteiger partial charge in [0.15, 0.2) is 0 Å². The summed E-state index contributed by atoms with van der Waals surface area (Å²) in [7, 11) is 0. The number of hydrogen-bond donors (Lipinski definition) is 1.